The third-order valence-electron chi connectivity index (χ3n) is 6.70. The number of fused-ring (bicyclic) bond motifs is 1. The largest absolute Gasteiger partial charge is 0.478 e. The van der Waals surface area contributed by atoms with Gasteiger partial charge in [0.05, 0.1) is 28.9 Å². The number of aromatic carboxylic acids is 1. The van der Waals surface area contributed by atoms with Gasteiger partial charge in [0.2, 0.25) is 5.88 Å². The van der Waals surface area contributed by atoms with Gasteiger partial charge in [-0.15, -0.1) is 0 Å². The fraction of sp³-hybridized carbons (Fsp3) is 0.194. The van der Waals surface area contributed by atoms with E-state index in [9.17, 15) is 18.7 Å². The number of ether oxygens (including phenoxy) is 2. The monoisotopic (exact) mass is 579 g/mol. The molecule has 0 spiro atoms. The number of alkyl halides is 2. The first-order valence-electron chi connectivity index (χ1n) is 12.9. The van der Waals surface area contributed by atoms with Gasteiger partial charge in [0, 0.05) is 37.3 Å². The second-order valence-corrected chi connectivity index (χ2v) is 9.47. The average molecular weight is 580 g/mol. The summed E-state index contributed by atoms with van der Waals surface area (Å²) in [5, 5.41) is 9.38. The van der Waals surface area contributed by atoms with Crippen molar-refractivity contribution in [2.75, 3.05) is 13.7 Å². The van der Waals surface area contributed by atoms with Crippen LogP contribution in [-0.2, 0) is 24.3 Å². The lowest BCUT2D eigenvalue weighted by atomic mass is 10.0. The Morgan fingerprint density at radius 1 is 0.976 bits per heavy atom. The second-order valence-electron chi connectivity index (χ2n) is 9.47. The molecule has 5 aromatic rings. The SMILES string of the molecule is COCCn1c(Cc2cc(F)c(-c3cccc(OCc4ccc(C(F)F)cc4)n3)cc2F)nc2ccc(C(=O)O)cc21. The molecular weight excluding hydrogens is 554 g/mol. The van der Waals surface area contributed by atoms with Crippen LogP contribution in [0.4, 0.5) is 17.6 Å². The van der Waals surface area contributed by atoms with Crippen molar-refractivity contribution in [3.63, 3.8) is 0 Å². The van der Waals surface area contributed by atoms with Crippen molar-refractivity contribution in [1.82, 2.24) is 14.5 Å². The Kier molecular flexibility index (Phi) is 8.48. The first-order chi connectivity index (χ1) is 20.2. The fourth-order valence-corrected chi connectivity index (χ4v) is 4.52. The number of hydrogen-bond acceptors (Lipinski definition) is 5. The van der Waals surface area contributed by atoms with E-state index in [0.717, 1.165) is 12.1 Å². The summed E-state index contributed by atoms with van der Waals surface area (Å²) in [4.78, 5) is 20.3. The van der Waals surface area contributed by atoms with E-state index >= 15 is 8.78 Å². The van der Waals surface area contributed by atoms with Gasteiger partial charge in [0.15, 0.2) is 0 Å². The zero-order valence-corrected chi connectivity index (χ0v) is 22.4. The molecule has 0 unspecified atom stereocenters. The molecule has 3 aromatic carbocycles. The summed E-state index contributed by atoms with van der Waals surface area (Å²) in [5.41, 5.74) is 1.84. The molecule has 1 N–H and O–H groups in total. The highest BCUT2D eigenvalue weighted by Gasteiger charge is 2.18. The van der Waals surface area contributed by atoms with E-state index in [1.807, 2.05) is 0 Å². The minimum absolute atomic E-state index is 0.0494. The van der Waals surface area contributed by atoms with E-state index in [4.69, 9.17) is 9.47 Å². The summed E-state index contributed by atoms with van der Waals surface area (Å²) >= 11 is 0. The molecule has 42 heavy (non-hydrogen) atoms. The van der Waals surface area contributed by atoms with Crippen molar-refractivity contribution >= 4 is 17.0 Å². The van der Waals surface area contributed by atoms with Crippen molar-refractivity contribution < 1.29 is 36.9 Å². The highest BCUT2D eigenvalue weighted by atomic mass is 19.3. The Balaban J connectivity index is 1.38. The topological polar surface area (TPSA) is 86.5 Å². The number of imidazole rings is 1. The van der Waals surface area contributed by atoms with Gasteiger partial charge in [0.25, 0.3) is 6.43 Å². The van der Waals surface area contributed by atoms with Gasteiger partial charge in [-0.1, -0.05) is 30.3 Å². The Labute approximate surface area is 238 Å². The summed E-state index contributed by atoms with van der Waals surface area (Å²) in [6, 6.07) is 17.0. The zero-order valence-electron chi connectivity index (χ0n) is 22.4. The number of carboxylic acid groups (broad SMARTS) is 1. The van der Waals surface area contributed by atoms with Crippen LogP contribution in [0.3, 0.4) is 0 Å². The van der Waals surface area contributed by atoms with E-state index in [1.54, 1.807) is 22.8 Å². The van der Waals surface area contributed by atoms with E-state index in [2.05, 4.69) is 9.97 Å². The third-order valence-corrected chi connectivity index (χ3v) is 6.70. The Morgan fingerprint density at radius 3 is 2.48 bits per heavy atom. The Bertz CT molecular complexity index is 1740. The normalized spacial score (nSPS) is 11.4. The van der Waals surface area contributed by atoms with Gasteiger partial charge in [0.1, 0.15) is 24.1 Å². The lowest BCUT2D eigenvalue weighted by molar-refractivity contribution is 0.0697. The van der Waals surface area contributed by atoms with E-state index < -0.39 is 24.0 Å². The first-order valence-corrected chi connectivity index (χ1v) is 12.9. The van der Waals surface area contributed by atoms with Crippen LogP contribution in [0, 0.1) is 11.6 Å². The van der Waals surface area contributed by atoms with Gasteiger partial charge in [-0.3, -0.25) is 0 Å². The summed E-state index contributed by atoms with van der Waals surface area (Å²) in [6.07, 6.45) is -2.62. The minimum atomic E-state index is -2.57. The molecule has 0 atom stereocenters. The summed E-state index contributed by atoms with van der Waals surface area (Å²) in [5.74, 6) is -1.89. The van der Waals surface area contributed by atoms with E-state index in [0.29, 0.717) is 35.6 Å². The molecule has 0 bridgehead atoms. The third kappa shape index (κ3) is 6.26. The highest BCUT2D eigenvalue weighted by Crippen LogP contribution is 2.28. The fourth-order valence-electron chi connectivity index (χ4n) is 4.52. The van der Waals surface area contributed by atoms with Crippen LogP contribution in [0.1, 0.15) is 39.3 Å². The first kappa shape index (κ1) is 28.7. The standard InChI is InChI=1S/C31H25F4N3O4/c1-41-12-11-38-27-14-20(31(39)40)9-10-26(27)36-28(38)15-21-13-24(33)22(16-23(21)32)25-3-2-4-29(37-25)42-17-18-5-7-19(8-6-18)30(34)35/h2-10,13-14,16,30H,11-12,15,17H2,1H3,(H,39,40). The maximum atomic E-state index is 15.4. The molecule has 0 saturated carbocycles. The smallest absolute Gasteiger partial charge is 0.335 e. The van der Waals surface area contributed by atoms with Crippen LogP contribution in [0.25, 0.3) is 22.3 Å². The van der Waals surface area contributed by atoms with Crippen molar-refractivity contribution in [3.8, 4) is 17.1 Å². The zero-order chi connectivity index (χ0) is 29.8. The number of carbonyl (C=O) groups is 1. The predicted molar refractivity (Wildman–Crippen MR) is 147 cm³/mol. The highest BCUT2D eigenvalue weighted by molar-refractivity contribution is 5.92. The van der Waals surface area contributed by atoms with Gasteiger partial charge in [-0.05, 0) is 47.5 Å². The average Bonchev–Trinajstić information content (AvgIpc) is 3.32. The van der Waals surface area contributed by atoms with Gasteiger partial charge in [-0.2, -0.15) is 0 Å². The van der Waals surface area contributed by atoms with Gasteiger partial charge < -0.3 is 19.1 Å². The quantitative estimate of drug-likeness (QED) is 0.173. The molecule has 216 valence electrons. The van der Waals surface area contributed by atoms with E-state index in [-0.39, 0.29) is 46.9 Å². The Hall–Kier alpha value is -4.77. The Morgan fingerprint density at radius 2 is 1.76 bits per heavy atom. The number of carboxylic acids is 1. The number of nitrogens with zero attached hydrogens (tertiary/aromatic N) is 3. The van der Waals surface area contributed by atoms with E-state index in [1.165, 1.54) is 49.6 Å². The molecule has 0 radical (unpaired) electrons. The van der Waals surface area contributed by atoms with Crippen LogP contribution >= 0.6 is 0 Å². The number of methoxy groups -OCH3 is 1. The van der Waals surface area contributed by atoms with Crippen molar-refractivity contribution in [3.05, 3.63) is 113 Å². The molecule has 0 amide bonds. The molecule has 0 fully saturated rings. The number of halogens is 4. The molecule has 5 rings (SSSR count). The van der Waals surface area contributed by atoms with Crippen molar-refractivity contribution in [2.45, 2.75) is 26.0 Å². The van der Waals surface area contributed by atoms with Crippen LogP contribution in [-0.4, -0.2) is 39.3 Å². The molecule has 11 heteroatoms. The molecule has 7 nitrogen and oxygen atoms in total. The van der Waals surface area contributed by atoms with Gasteiger partial charge in [-0.25, -0.2) is 32.3 Å². The summed E-state index contributed by atoms with van der Waals surface area (Å²) in [6.45, 7) is 0.686. The number of hydrogen-bond donors (Lipinski definition) is 1. The van der Waals surface area contributed by atoms with Crippen LogP contribution < -0.4 is 4.74 Å². The molecule has 0 aliphatic carbocycles. The maximum absolute atomic E-state index is 15.4. The summed E-state index contributed by atoms with van der Waals surface area (Å²) < 4.78 is 68.8. The molecule has 0 saturated heterocycles. The predicted octanol–water partition coefficient (Wildman–Crippen LogP) is 6.83. The van der Waals surface area contributed by atoms with Crippen molar-refractivity contribution in [2.24, 2.45) is 0 Å². The minimum Gasteiger partial charge on any atom is -0.478 e. The molecule has 0 aliphatic heterocycles. The number of aromatic nitrogens is 3. The number of benzene rings is 3. The van der Waals surface area contributed by atoms with Gasteiger partial charge >= 0.3 is 5.97 Å². The maximum Gasteiger partial charge on any atom is 0.335 e. The lowest BCUT2D eigenvalue weighted by Gasteiger charge is -2.12. The molecule has 0 aliphatic rings. The van der Waals surface area contributed by atoms with Crippen molar-refractivity contribution in [1.29, 1.82) is 0 Å². The second kappa shape index (κ2) is 12.4. The van der Waals surface area contributed by atoms with Crippen LogP contribution in [0.15, 0.2) is 72.8 Å². The molecular formula is C31H25F4N3O4. The summed E-state index contributed by atoms with van der Waals surface area (Å²) in [7, 11) is 1.52. The number of rotatable bonds is 11. The van der Waals surface area contributed by atoms with Crippen LogP contribution in [0.2, 0.25) is 0 Å². The molecule has 2 aromatic heterocycles. The van der Waals surface area contributed by atoms with Crippen LogP contribution in [0.5, 0.6) is 5.88 Å². The lowest BCUT2D eigenvalue weighted by Crippen LogP contribution is -2.10. The number of pyridine rings is 1. The molecule has 2 heterocycles.